The maximum absolute atomic E-state index is 13.0. The molecule has 2 saturated heterocycles. The largest absolute Gasteiger partial charge is 0.357 e. The average Bonchev–Trinajstić information content (AvgIpc) is 3.47. The molecule has 154 valence electrons. The molecule has 4 rings (SSSR count). The predicted molar refractivity (Wildman–Crippen MR) is 113 cm³/mol. The van der Waals surface area contributed by atoms with E-state index in [1.165, 1.54) is 21.6 Å². The highest BCUT2D eigenvalue weighted by Crippen LogP contribution is 2.32. The van der Waals surface area contributed by atoms with Crippen LogP contribution >= 0.6 is 23.1 Å². The first-order valence-electron chi connectivity index (χ1n) is 9.87. The Bertz CT molecular complexity index is 872. The lowest BCUT2D eigenvalue weighted by atomic mass is 10.2. The molecule has 0 saturated carbocycles. The molecule has 2 fully saturated rings. The number of thioether (sulfide) groups is 1. The van der Waals surface area contributed by atoms with Crippen molar-refractivity contribution in [3.05, 3.63) is 22.4 Å². The molecule has 3 aliphatic heterocycles. The third-order valence-electron chi connectivity index (χ3n) is 5.06. The van der Waals surface area contributed by atoms with Crippen molar-refractivity contribution in [2.45, 2.75) is 38.0 Å². The minimum absolute atomic E-state index is 0.138. The second-order valence-electron chi connectivity index (χ2n) is 7.16. The quantitative estimate of drug-likeness (QED) is 0.691. The summed E-state index contributed by atoms with van der Waals surface area (Å²) in [5.41, 5.74) is 0. The van der Waals surface area contributed by atoms with E-state index in [2.05, 4.69) is 14.9 Å². The number of aliphatic imine (C=N–C) groups is 1. The number of amidine groups is 2. The van der Waals surface area contributed by atoms with Crippen molar-refractivity contribution in [3.63, 3.8) is 0 Å². The Kier molecular flexibility index (Phi) is 6.00. The summed E-state index contributed by atoms with van der Waals surface area (Å²) in [5.74, 6) is -0.103. The summed E-state index contributed by atoms with van der Waals surface area (Å²) >= 11 is 2.96. The minimum Gasteiger partial charge on any atom is -0.350 e. The van der Waals surface area contributed by atoms with Crippen LogP contribution in [0.3, 0.4) is 0 Å². The Morgan fingerprint density at radius 1 is 1.31 bits per heavy atom. The molecule has 4 amide bonds. The van der Waals surface area contributed by atoms with Crippen molar-refractivity contribution in [3.8, 4) is 0 Å². The highest BCUT2D eigenvalue weighted by Gasteiger charge is 2.53. The molecule has 8 nitrogen and oxygen atoms in total. The molecule has 0 aliphatic carbocycles. The second kappa shape index (κ2) is 8.66. The number of carbonyl (C=O) groups excluding carboxylic acids is 3. The lowest BCUT2D eigenvalue weighted by Crippen LogP contribution is -2.61. The maximum atomic E-state index is 13.0. The summed E-state index contributed by atoms with van der Waals surface area (Å²) in [6.45, 7) is 4.37. The van der Waals surface area contributed by atoms with Gasteiger partial charge in [-0.2, -0.15) is 0 Å². The molecule has 1 aromatic heterocycles. The van der Waals surface area contributed by atoms with Gasteiger partial charge < -0.3 is 5.32 Å². The lowest BCUT2D eigenvalue weighted by molar-refractivity contribution is -0.503. The van der Waals surface area contributed by atoms with Crippen molar-refractivity contribution < 1.29 is 19.0 Å². The number of nitrogens with zero attached hydrogens (tertiary/aromatic N) is 4. The fraction of sp³-hybridized carbons (Fsp3) is 0.526. The van der Waals surface area contributed by atoms with Gasteiger partial charge in [0.2, 0.25) is 5.91 Å². The van der Waals surface area contributed by atoms with Gasteiger partial charge >= 0.3 is 11.2 Å². The third kappa shape index (κ3) is 4.09. The van der Waals surface area contributed by atoms with Crippen LogP contribution in [0.1, 0.15) is 31.1 Å². The van der Waals surface area contributed by atoms with E-state index in [-0.39, 0.29) is 18.4 Å². The van der Waals surface area contributed by atoms with Gasteiger partial charge in [-0.3, -0.25) is 19.1 Å². The zero-order valence-corrected chi connectivity index (χ0v) is 17.9. The Labute approximate surface area is 177 Å². The summed E-state index contributed by atoms with van der Waals surface area (Å²) in [6.07, 6.45) is 2.87. The lowest BCUT2D eigenvalue weighted by Gasteiger charge is -2.34. The molecule has 1 atom stereocenters. The molecule has 1 aromatic rings. The van der Waals surface area contributed by atoms with Gasteiger partial charge in [0.25, 0.3) is 11.7 Å². The van der Waals surface area contributed by atoms with E-state index >= 15 is 0 Å². The fourth-order valence-corrected chi connectivity index (χ4v) is 5.46. The van der Waals surface area contributed by atoms with Gasteiger partial charge in [0.1, 0.15) is 6.54 Å². The summed E-state index contributed by atoms with van der Waals surface area (Å²) in [7, 11) is 0. The number of fused-ring (bicyclic) bond motifs is 1. The highest BCUT2D eigenvalue weighted by atomic mass is 32.2. The molecule has 0 radical (unpaired) electrons. The first-order chi connectivity index (χ1) is 14.1. The second-order valence-corrected chi connectivity index (χ2v) is 9.26. The Hall–Kier alpha value is -2.20. The van der Waals surface area contributed by atoms with E-state index in [1.807, 2.05) is 24.4 Å². The smallest absolute Gasteiger partial charge is 0.350 e. The number of urea groups is 1. The van der Waals surface area contributed by atoms with Crippen LogP contribution in [-0.2, 0) is 16.1 Å². The van der Waals surface area contributed by atoms with Crippen molar-refractivity contribution in [1.82, 2.24) is 15.1 Å². The van der Waals surface area contributed by atoms with Crippen LogP contribution in [0.4, 0.5) is 4.79 Å². The molecule has 3 aliphatic rings. The van der Waals surface area contributed by atoms with Crippen LogP contribution < -0.4 is 5.32 Å². The molecule has 4 heterocycles. The van der Waals surface area contributed by atoms with Crippen LogP contribution in [0, 0.1) is 0 Å². The fourth-order valence-electron chi connectivity index (χ4n) is 3.61. The topological polar surface area (TPSA) is 85.1 Å². The van der Waals surface area contributed by atoms with Crippen molar-refractivity contribution in [2.75, 3.05) is 26.2 Å². The van der Waals surface area contributed by atoms with E-state index in [4.69, 9.17) is 0 Å². The predicted octanol–water partition coefficient (Wildman–Crippen LogP) is 1.71. The normalized spacial score (nSPS) is 21.7. The van der Waals surface area contributed by atoms with Gasteiger partial charge in [-0.05, 0) is 47.5 Å². The molecule has 1 unspecified atom stereocenters. The maximum Gasteiger partial charge on any atom is 0.357 e. The number of amides is 4. The van der Waals surface area contributed by atoms with Crippen LogP contribution in [0.25, 0.3) is 0 Å². The zero-order valence-electron chi connectivity index (χ0n) is 16.3. The summed E-state index contributed by atoms with van der Waals surface area (Å²) < 4.78 is 2.16. The number of hydrogen-bond acceptors (Lipinski definition) is 5. The van der Waals surface area contributed by atoms with Crippen LogP contribution in [0.5, 0.6) is 0 Å². The monoisotopic (exact) mass is 434 g/mol. The zero-order chi connectivity index (χ0) is 20.4. The molecular weight excluding hydrogens is 410 g/mol. The standard InChI is InChI=1S/C19H23N5O3S2/c1-2-7-23-17(26)15-16(21-18(29-15)22-8-3-4-9-22)24(19(23)27)12-14(25)20-11-13-6-5-10-28-13/h5-6,10,15H,2-4,7-9,11-12H2,1H3/p+1. The molecule has 10 heteroatoms. The molecular formula is C19H24N5O3S2+. The van der Waals surface area contributed by atoms with E-state index in [1.54, 1.807) is 11.3 Å². The minimum atomic E-state index is -0.556. The average molecular weight is 435 g/mol. The Morgan fingerprint density at radius 3 is 2.79 bits per heavy atom. The molecule has 29 heavy (non-hydrogen) atoms. The van der Waals surface area contributed by atoms with Crippen molar-refractivity contribution >= 4 is 51.9 Å². The number of rotatable bonds is 6. The van der Waals surface area contributed by atoms with Gasteiger partial charge in [0.05, 0.1) is 19.6 Å². The summed E-state index contributed by atoms with van der Waals surface area (Å²) in [4.78, 5) is 46.8. The molecule has 1 N–H and O–H groups in total. The molecule has 0 bridgehead atoms. The van der Waals surface area contributed by atoms with Gasteiger partial charge in [0, 0.05) is 11.4 Å². The number of carbonyl (C=O) groups is 3. The first kappa shape index (κ1) is 20.1. The third-order valence-corrected chi connectivity index (χ3v) is 7.15. The van der Waals surface area contributed by atoms with E-state index in [0.29, 0.717) is 25.3 Å². The first-order valence-corrected chi connectivity index (χ1v) is 11.6. The molecule has 0 aromatic carbocycles. The van der Waals surface area contributed by atoms with Crippen LogP contribution in [0.15, 0.2) is 22.5 Å². The van der Waals surface area contributed by atoms with Gasteiger partial charge in [-0.15, -0.1) is 11.3 Å². The van der Waals surface area contributed by atoms with E-state index in [0.717, 1.165) is 36.0 Å². The van der Waals surface area contributed by atoms with E-state index in [9.17, 15) is 14.4 Å². The summed E-state index contributed by atoms with van der Waals surface area (Å²) in [6, 6.07) is 3.42. The van der Waals surface area contributed by atoms with E-state index < -0.39 is 11.3 Å². The van der Waals surface area contributed by atoms with Gasteiger partial charge in [0.15, 0.2) is 5.25 Å². The number of nitrogens with one attached hydrogen (secondary N) is 1. The summed E-state index contributed by atoms with van der Waals surface area (Å²) in [5, 5.41) is 5.03. The van der Waals surface area contributed by atoms with Crippen LogP contribution in [-0.4, -0.2) is 74.7 Å². The highest BCUT2D eigenvalue weighted by molar-refractivity contribution is 8.15. The van der Waals surface area contributed by atoms with Crippen molar-refractivity contribution in [1.29, 1.82) is 0 Å². The molecule has 0 spiro atoms. The number of hydrogen-bond donors (Lipinski definition) is 1. The Morgan fingerprint density at radius 2 is 2.10 bits per heavy atom. The number of imide groups is 1. The SMILES string of the molecule is CCCN1C(=O)C2SC(=[N+]3CCCC3)N=C2N(CC(=O)NCc2cccs2)C1=O. The van der Waals surface area contributed by atoms with Gasteiger partial charge in [-0.25, -0.2) is 9.69 Å². The van der Waals surface area contributed by atoms with Crippen molar-refractivity contribution in [2.24, 2.45) is 4.99 Å². The number of thiophene rings is 1. The van der Waals surface area contributed by atoms with Gasteiger partial charge in [-0.1, -0.05) is 13.0 Å². The van der Waals surface area contributed by atoms with Crippen LogP contribution in [0.2, 0.25) is 0 Å². The Balaban J connectivity index is 1.55.